The summed E-state index contributed by atoms with van der Waals surface area (Å²) in [6, 6.07) is 8.15. The number of aromatic amines is 1. The van der Waals surface area contributed by atoms with Crippen molar-refractivity contribution in [1.29, 1.82) is 0 Å². The lowest BCUT2D eigenvalue weighted by Gasteiger charge is -2.25. The summed E-state index contributed by atoms with van der Waals surface area (Å²) in [6.45, 7) is 2.01. The number of H-pyrrole nitrogens is 1. The zero-order chi connectivity index (χ0) is 22.2. The molecule has 0 saturated heterocycles. The number of hydrogen-bond acceptors (Lipinski definition) is 7. The average Bonchev–Trinajstić information content (AvgIpc) is 3.53. The number of imidazole rings is 1. The van der Waals surface area contributed by atoms with Gasteiger partial charge < -0.3 is 14.5 Å². The maximum absolute atomic E-state index is 5.44. The fourth-order valence-electron chi connectivity index (χ4n) is 4.31. The Labute approximate surface area is 195 Å². The number of benzene rings is 1. The van der Waals surface area contributed by atoms with E-state index in [2.05, 4.69) is 54.6 Å². The Hall–Kier alpha value is -3.30. The summed E-state index contributed by atoms with van der Waals surface area (Å²) in [5.74, 6) is 1.63. The first-order chi connectivity index (χ1) is 16.2. The molecule has 33 heavy (non-hydrogen) atoms. The fourth-order valence-corrected chi connectivity index (χ4v) is 5.19. The molecule has 1 fully saturated rings. The van der Waals surface area contributed by atoms with Crippen LogP contribution in [0.3, 0.4) is 0 Å². The van der Waals surface area contributed by atoms with Crippen LogP contribution in [-0.2, 0) is 13.0 Å². The van der Waals surface area contributed by atoms with Gasteiger partial charge in [0.2, 0.25) is 0 Å². The molecule has 0 unspecified atom stereocenters. The molecular formula is C24H25N7OS. The van der Waals surface area contributed by atoms with Gasteiger partial charge in [0.25, 0.3) is 0 Å². The van der Waals surface area contributed by atoms with E-state index < -0.39 is 0 Å². The van der Waals surface area contributed by atoms with Crippen LogP contribution >= 0.6 is 11.3 Å². The zero-order valence-corrected chi connectivity index (χ0v) is 19.2. The highest BCUT2D eigenvalue weighted by Gasteiger charge is 2.17. The molecule has 168 valence electrons. The molecule has 0 aliphatic heterocycles. The Morgan fingerprint density at radius 1 is 1.21 bits per heavy atom. The maximum Gasteiger partial charge on any atom is 0.148 e. The molecule has 0 radical (unpaired) electrons. The van der Waals surface area contributed by atoms with E-state index >= 15 is 0 Å². The molecule has 5 aromatic rings. The summed E-state index contributed by atoms with van der Waals surface area (Å²) in [5, 5.41) is 22.4. The van der Waals surface area contributed by atoms with Gasteiger partial charge >= 0.3 is 0 Å². The standard InChI is InChI=1S/C24H25N7OS/c1-32-18-8-19(20-12-26-28-21(20)9-18)24-30-29-23(33-24)7-17-14-31-13-16(5-6-22(31)27-17)11-25-10-15-3-2-4-15/h5-6,8-9,12-15,25H,2-4,7,10-11H2,1H3,(H,26,28). The highest BCUT2D eigenvalue weighted by Crippen LogP contribution is 2.34. The fraction of sp³-hybridized carbons (Fsp3) is 0.333. The number of ether oxygens (including phenoxy) is 1. The lowest BCUT2D eigenvalue weighted by atomic mass is 9.85. The van der Waals surface area contributed by atoms with E-state index in [0.29, 0.717) is 6.42 Å². The molecule has 2 N–H and O–H groups in total. The lowest BCUT2D eigenvalue weighted by Crippen LogP contribution is -2.26. The molecular weight excluding hydrogens is 434 g/mol. The Balaban J connectivity index is 1.19. The predicted octanol–water partition coefficient (Wildman–Crippen LogP) is 4.22. The lowest BCUT2D eigenvalue weighted by molar-refractivity contribution is 0.301. The van der Waals surface area contributed by atoms with Crippen molar-refractivity contribution in [3.63, 3.8) is 0 Å². The van der Waals surface area contributed by atoms with E-state index in [4.69, 9.17) is 9.72 Å². The Morgan fingerprint density at radius 3 is 3.00 bits per heavy atom. The number of pyridine rings is 1. The van der Waals surface area contributed by atoms with E-state index in [0.717, 1.165) is 62.6 Å². The van der Waals surface area contributed by atoms with Crippen LogP contribution in [0.15, 0.2) is 42.9 Å². The van der Waals surface area contributed by atoms with Gasteiger partial charge in [0.15, 0.2) is 0 Å². The minimum atomic E-state index is 0.646. The van der Waals surface area contributed by atoms with Crippen LogP contribution in [0.5, 0.6) is 5.75 Å². The highest BCUT2D eigenvalue weighted by molar-refractivity contribution is 7.14. The second-order valence-corrected chi connectivity index (χ2v) is 9.71. The van der Waals surface area contributed by atoms with Crippen molar-refractivity contribution in [2.24, 2.45) is 5.92 Å². The third-order valence-corrected chi connectivity index (χ3v) is 7.30. The molecule has 4 heterocycles. The molecule has 1 aromatic carbocycles. The molecule has 4 aromatic heterocycles. The Morgan fingerprint density at radius 2 is 2.15 bits per heavy atom. The molecule has 1 aliphatic rings. The van der Waals surface area contributed by atoms with Crippen molar-refractivity contribution in [2.75, 3.05) is 13.7 Å². The summed E-state index contributed by atoms with van der Waals surface area (Å²) in [5.41, 5.74) is 5.09. The molecule has 0 bridgehead atoms. The van der Waals surface area contributed by atoms with Crippen molar-refractivity contribution in [3.05, 3.63) is 59.1 Å². The summed E-state index contributed by atoms with van der Waals surface area (Å²) in [4.78, 5) is 4.78. The number of methoxy groups -OCH3 is 1. The molecule has 6 rings (SSSR count). The maximum atomic E-state index is 5.44. The van der Waals surface area contributed by atoms with Crippen molar-refractivity contribution in [1.82, 2.24) is 35.1 Å². The summed E-state index contributed by atoms with van der Waals surface area (Å²) < 4.78 is 7.54. The third kappa shape index (κ3) is 4.09. The molecule has 0 amide bonds. The topological polar surface area (TPSA) is 93.0 Å². The van der Waals surface area contributed by atoms with Crippen LogP contribution in [0.25, 0.3) is 27.1 Å². The van der Waals surface area contributed by atoms with Crippen molar-refractivity contribution < 1.29 is 4.74 Å². The number of rotatable bonds is 8. The largest absolute Gasteiger partial charge is 0.497 e. The van der Waals surface area contributed by atoms with Crippen molar-refractivity contribution in [3.8, 4) is 16.3 Å². The summed E-state index contributed by atoms with van der Waals surface area (Å²) in [6.07, 6.45) is 10.8. The average molecular weight is 460 g/mol. The molecule has 1 aliphatic carbocycles. The van der Waals surface area contributed by atoms with Crippen LogP contribution in [0, 0.1) is 5.92 Å². The first-order valence-electron chi connectivity index (χ1n) is 11.3. The van der Waals surface area contributed by atoms with E-state index in [1.54, 1.807) is 18.4 Å². The smallest absolute Gasteiger partial charge is 0.148 e. The van der Waals surface area contributed by atoms with Gasteiger partial charge in [-0.3, -0.25) is 5.10 Å². The molecule has 8 nitrogen and oxygen atoms in total. The van der Waals surface area contributed by atoms with Crippen LogP contribution in [0.1, 0.15) is 35.5 Å². The van der Waals surface area contributed by atoms with Gasteiger partial charge in [0, 0.05) is 42.4 Å². The minimum absolute atomic E-state index is 0.646. The van der Waals surface area contributed by atoms with Crippen LogP contribution < -0.4 is 10.1 Å². The molecule has 0 atom stereocenters. The first kappa shape index (κ1) is 20.3. The van der Waals surface area contributed by atoms with Gasteiger partial charge in [0.1, 0.15) is 21.4 Å². The predicted molar refractivity (Wildman–Crippen MR) is 129 cm³/mol. The SMILES string of the molecule is COc1cc(-c2nnc(Cc3cn4cc(CNCC5CCC5)ccc4n3)s2)c2cn[nH]c2c1. The monoisotopic (exact) mass is 459 g/mol. The normalized spacial score (nSPS) is 14.2. The zero-order valence-electron chi connectivity index (χ0n) is 18.4. The number of hydrogen-bond donors (Lipinski definition) is 2. The molecule has 1 saturated carbocycles. The Bertz CT molecular complexity index is 1420. The molecule has 0 spiro atoms. The van der Waals surface area contributed by atoms with Crippen molar-refractivity contribution in [2.45, 2.75) is 32.2 Å². The highest BCUT2D eigenvalue weighted by atomic mass is 32.1. The van der Waals surface area contributed by atoms with Crippen LogP contribution in [0.2, 0.25) is 0 Å². The van der Waals surface area contributed by atoms with Gasteiger partial charge in [-0.05, 0) is 43.0 Å². The van der Waals surface area contributed by atoms with E-state index in [1.165, 1.54) is 24.8 Å². The first-order valence-corrected chi connectivity index (χ1v) is 12.1. The second-order valence-electron chi connectivity index (χ2n) is 8.65. The van der Waals surface area contributed by atoms with Gasteiger partial charge in [0.05, 0.1) is 24.5 Å². The van der Waals surface area contributed by atoms with Crippen LogP contribution in [0.4, 0.5) is 0 Å². The van der Waals surface area contributed by atoms with Gasteiger partial charge in [-0.25, -0.2) is 4.98 Å². The quantitative estimate of drug-likeness (QED) is 0.361. The van der Waals surface area contributed by atoms with E-state index in [1.807, 2.05) is 18.3 Å². The van der Waals surface area contributed by atoms with Gasteiger partial charge in [-0.1, -0.05) is 23.8 Å². The summed E-state index contributed by atoms with van der Waals surface area (Å²) in [7, 11) is 1.66. The van der Waals surface area contributed by atoms with E-state index in [-0.39, 0.29) is 0 Å². The number of nitrogens with zero attached hydrogens (tertiary/aromatic N) is 5. The molecule has 9 heteroatoms. The van der Waals surface area contributed by atoms with Gasteiger partial charge in [-0.15, -0.1) is 10.2 Å². The van der Waals surface area contributed by atoms with E-state index in [9.17, 15) is 0 Å². The van der Waals surface area contributed by atoms with Crippen LogP contribution in [-0.4, -0.2) is 43.4 Å². The van der Waals surface area contributed by atoms with Crippen molar-refractivity contribution >= 4 is 27.9 Å². The second kappa shape index (κ2) is 8.57. The third-order valence-electron chi connectivity index (χ3n) is 6.35. The minimum Gasteiger partial charge on any atom is -0.497 e. The number of aromatic nitrogens is 6. The van der Waals surface area contributed by atoms with Gasteiger partial charge in [-0.2, -0.15) is 5.10 Å². The number of fused-ring (bicyclic) bond motifs is 2. The Kier molecular flexibility index (Phi) is 5.27. The summed E-state index contributed by atoms with van der Waals surface area (Å²) >= 11 is 1.57. The number of nitrogens with one attached hydrogen (secondary N) is 2.